The van der Waals surface area contributed by atoms with Gasteiger partial charge < -0.3 is 4.74 Å². The summed E-state index contributed by atoms with van der Waals surface area (Å²) in [6.45, 7) is 4.25. The van der Waals surface area contributed by atoms with E-state index in [1.54, 1.807) is 0 Å². The number of hydrazine groups is 1. The lowest BCUT2D eigenvalue weighted by molar-refractivity contribution is -0.141. The Bertz CT molecular complexity index is 395. The van der Waals surface area contributed by atoms with Gasteiger partial charge in [0.2, 0.25) is 11.8 Å². The van der Waals surface area contributed by atoms with Gasteiger partial charge in [-0.3, -0.25) is 5.43 Å². The first kappa shape index (κ1) is 14.5. The molecular weight excluding hydrogens is 249 g/mol. The minimum atomic E-state index is -4.56. The third kappa shape index (κ3) is 4.36. The molecule has 1 heterocycles. The molecule has 0 spiro atoms. The Kier molecular flexibility index (Phi) is 4.71. The van der Waals surface area contributed by atoms with Crippen molar-refractivity contribution in [3.8, 4) is 5.88 Å². The maximum atomic E-state index is 12.5. The number of hydrogen-bond donors (Lipinski definition) is 2. The van der Waals surface area contributed by atoms with Crippen molar-refractivity contribution in [3.63, 3.8) is 0 Å². The molecule has 0 amide bonds. The zero-order valence-corrected chi connectivity index (χ0v) is 10.1. The number of nitrogens with zero attached hydrogens (tertiary/aromatic N) is 2. The molecule has 18 heavy (non-hydrogen) atoms. The van der Waals surface area contributed by atoms with Crippen LogP contribution in [-0.4, -0.2) is 16.6 Å². The van der Waals surface area contributed by atoms with Gasteiger partial charge in [-0.25, -0.2) is 10.8 Å². The van der Waals surface area contributed by atoms with Crippen LogP contribution in [0.15, 0.2) is 6.07 Å². The van der Waals surface area contributed by atoms with Crippen molar-refractivity contribution >= 4 is 5.95 Å². The summed E-state index contributed by atoms with van der Waals surface area (Å²) in [6.07, 6.45) is -3.85. The topological polar surface area (TPSA) is 73.1 Å². The molecule has 0 saturated carbocycles. The van der Waals surface area contributed by atoms with Gasteiger partial charge in [-0.05, 0) is 12.3 Å². The highest BCUT2D eigenvalue weighted by Gasteiger charge is 2.34. The van der Waals surface area contributed by atoms with Crippen LogP contribution in [0.4, 0.5) is 19.1 Å². The smallest absolute Gasteiger partial charge is 0.433 e. The summed E-state index contributed by atoms with van der Waals surface area (Å²) in [4.78, 5) is 6.91. The monoisotopic (exact) mass is 264 g/mol. The lowest BCUT2D eigenvalue weighted by Crippen LogP contribution is -2.16. The summed E-state index contributed by atoms with van der Waals surface area (Å²) in [5.74, 6) is 4.92. The van der Waals surface area contributed by atoms with E-state index in [2.05, 4.69) is 9.97 Å². The number of alkyl halides is 3. The molecule has 0 saturated heterocycles. The fraction of sp³-hybridized carbons (Fsp3) is 0.600. The summed E-state index contributed by atoms with van der Waals surface area (Å²) in [5, 5.41) is 0. The molecule has 0 fully saturated rings. The Morgan fingerprint density at radius 1 is 1.39 bits per heavy atom. The fourth-order valence-corrected chi connectivity index (χ4v) is 1.11. The van der Waals surface area contributed by atoms with E-state index in [-0.39, 0.29) is 18.4 Å². The Labute approximate surface area is 103 Å². The highest BCUT2D eigenvalue weighted by atomic mass is 19.4. The Hall–Kier alpha value is -1.57. The third-order valence-corrected chi connectivity index (χ3v) is 2.07. The van der Waals surface area contributed by atoms with Gasteiger partial charge in [-0.2, -0.15) is 18.2 Å². The first-order valence-electron chi connectivity index (χ1n) is 5.38. The number of ether oxygens (including phenoxy) is 1. The number of nitrogen functional groups attached to an aromatic ring is 1. The van der Waals surface area contributed by atoms with Crippen molar-refractivity contribution in [2.45, 2.75) is 26.4 Å². The van der Waals surface area contributed by atoms with Crippen molar-refractivity contribution in [1.82, 2.24) is 9.97 Å². The lowest BCUT2D eigenvalue weighted by Gasteiger charge is -2.11. The van der Waals surface area contributed by atoms with Crippen molar-refractivity contribution in [2.24, 2.45) is 11.8 Å². The van der Waals surface area contributed by atoms with E-state index in [4.69, 9.17) is 10.6 Å². The largest absolute Gasteiger partial charge is 0.478 e. The number of nitrogens with one attached hydrogen (secondary N) is 1. The average molecular weight is 264 g/mol. The Morgan fingerprint density at radius 3 is 2.56 bits per heavy atom. The average Bonchev–Trinajstić information content (AvgIpc) is 2.27. The Morgan fingerprint density at radius 2 is 2.06 bits per heavy atom. The van der Waals surface area contributed by atoms with Crippen molar-refractivity contribution in [2.75, 3.05) is 12.0 Å². The second kappa shape index (κ2) is 5.85. The molecule has 0 unspecified atom stereocenters. The molecule has 0 atom stereocenters. The predicted octanol–water partition coefficient (Wildman–Crippen LogP) is 2.21. The zero-order valence-electron chi connectivity index (χ0n) is 10.1. The second-order valence-electron chi connectivity index (χ2n) is 4.09. The molecule has 1 rings (SSSR count). The molecular formula is C10H15F3N4O. The van der Waals surface area contributed by atoms with Crippen LogP contribution in [0.25, 0.3) is 0 Å². The first-order chi connectivity index (χ1) is 8.32. The van der Waals surface area contributed by atoms with Crippen LogP contribution in [-0.2, 0) is 6.18 Å². The Balaban J connectivity index is 2.84. The summed E-state index contributed by atoms with van der Waals surface area (Å²) < 4.78 is 42.7. The number of aromatic nitrogens is 2. The lowest BCUT2D eigenvalue weighted by atomic mass is 10.1. The number of hydrogen-bond acceptors (Lipinski definition) is 5. The van der Waals surface area contributed by atoms with Gasteiger partial charge in [0.05, 0.1) is 6.61 Å². The summed E-state index contributed by atoms with van der Waals surface area (Å²) in [7, 11) is 0. The zero-order chi connectivity index (χ0) is 13.8. The SMILES string of the molecule is CC(C)CCOc1cc(C(F)(F)F)nc(NN)n1. The van der Waals surface area contributed by atoms with Gasteiger partial charge in [0.1, 0.15) is 0 Å². The van der Waals surface area contributed by atoms with E-state index >= 15 is 0 Å². The van der Waals surface area contributed by atoms with E-state index in [1.165, 1.54) is 0 Å². The fourth-order valence-electron chi connectivity index (χ4n) is 1.11. The van der Waals surface area contributed by atoms with Crippen LogP contribution in [0.3, 0.4) is 0 Å². The molecule has 0 aromatic carbocycles. The molecule has 102 valence electrons. The maximum absolute atomic E-state index is 12.5. The number of halogens is 3. The summed E-state index contributed by atoms with van der Waals surface area (Å²) in [6, 6.07) is 0.751. The van der Waals surface area contributed by atoms with Crippen LogP contribution in [0.5, 0.6) is 5.88 Å². The molecule has 0 radical (unpaired) electrons. The van der Waals surface area contributed by atoms with Gasteiger partial charge in [0, 0.05) is 6.07 Å². The highest BCUT2D eigenvalue weighted by Crippen LogP contribution is 2.30. The van der Waals surface area contributed by atoms with Crippen LogP contribution < -0.4 is 16.0 Å². The predicted molar refractivity (Wildman–Crippen MR) is 59.8 cm³/mol. The van der Waals surface area contributed by atoms with Crippen LogP contribution in [0.2, 0.25) is 0 Å². The van der Waals surface area contributed by atoms with E-state index in [0.29, 0.717) is 5.92 Å². The van der Waals surface area contributed by atoms with Crippen LogP contribution in [0.1, 0.15) is 26.0 Å². The molecule has 8 heteroatoms. The molecule has 0 aliphatic carbocycles. The van der Waals surface area contributed by atoms with Gasteiger partial charge >= 0.3 is 6.18 Å². The minimum Gasteiger partial charge on any atom is -0.478 e. The molecule has 0 aliphatic rings. The minimum absolute atomic E-state index is 0.147. The van der Waals surface area contributed by atoms with Gasteiger partial charge in [-0.15, -0.1) is 0 Å². The summed E-state index contributed by atoms with van der Waals surface area (Å²) >= 11 is 0. The molecule has 0 bridgehead atoms. The second-order valence-corrected chi connectivity index (χ2v) is 4.09. The van der Waals surface area contributed by atoms with E-state index in [0.717, 1.165) is 12.5 Å². The van der Waals surface area contributed by atoms with Gasteiger partial charge in [0.15, 0.2) is 5.69 Å². The summed E-state index contributed by atoms with van der Waals surface area (Å²) in [5.41, 5.74) is 0.884. The highest BCUT2D eigenvalue weighted by molar-refractivity contribution is 5.30. The van der Waals surface area contributed by atoms with Crippen molar-refractivity contribution in [3.05, 3.63) is 11.8 Å². The molecule has 1 aromatic rings. The van der Waals surface area contributed by atoms with Crippen molar-refractivity contribution in [1.29, 1.82) is 0 Å². The molecule has 3 N–H and O–H groups in total. The van der Waals surface area contributed by atoms with Gasteiger partial charge in [0.25, 0.3) is 0 Å². The number of rotatable bonds is 5. The molecule has 1 aromatic heterocycles. The van der Waals surface area contributed by atoms with E-state index in [9.17, 15) is 13.2 Å². The normalized spacial score (nSPS) is 11.7. The van der Waals surface area contributed by atoms with Crippen LogP contribution >= 0.6 is 0 Å². The van der Waals surface area contributed by atoms with Crippen molar-refractivity contribution < 1.29 is 17.9 Å². The molecule has 0 aliphatic heterocycles. The van der Waals surface area contributed by atoms with Crippen LogP contribution in [0, 0.1) is 5.92 Å². The first-order valence-corrected chi connectivity index (χ1v) is 5.38. The van der Waals surface area contributed by atoms with E-state index < -0.39 is 11.9 Å². The maximum Gasteiger partial charge on any atom is 0.433 e. The third-order valence-electron chi connectivity index (χ3n) is 2.07. The van der Waals surface area contributed by atoms with Gasteiger partial charge in [-0.1, -0.05) is 13.8 Å². The standard InChI is InChI=1S/C10H15F3N4O/c1-6(2)3-4-18-8-5-7(10(11,12)13)15-9(16-8)17-14/h5-6H,3-4,14H2,1-2H3,(H,15,16,17). The number of anilines is 1. The quantitative estimate of drug-likeness (QED) is 0.630. The van der Waals surface area contributed by atoms with E-state index in [1.807, 2.05) is 19.3 Å². The number of nitrogens with two attached hydrogens (primary N) is 1. The molecule has 5 nitrogen and oxygen atoms in total.